The van der Waals surface area contributed by atoms with Crippen molar-refractivity contribution in [2.75, 3.05) is 20.3 Å². The quantitative estimate of drug-likeness (QED) is 0.669. The van der Waals surface area contributed by atoms with E-state index in [9.17, 15) is 4.79 Å². The summed E-state index contributed by atoms with van der Waals surface area (Å²) in [6, 6.07) is 6.40. The van der Waals surface area contributed by atoms with Crippen LogP contribution in [0.25, 0.3) is 11.0 Å². The molecule has 1 aromatic carbocycles. The van der Waals surface area contributed by atoms with Crippen LogP contribution in [0.15, 0.2) is 45.1 Å². The third-order valence-corrected chi connectivity index (χ3v) is 2.83. The Labute approximate surface area is 116 Å². The molecule has 0 fully saturated rings. The summed E-state index contributed by atoms with van der Waals surface area (Å²) >= 11 is 0. The van der Waals surface area contributed by atoms with Crippen molar-refractivity contribution in [3.8, 4) is 11.5 Å². The normalized spacial score (nSPS) is 11.7. The van der Waals surface area contributed by atoms with Gasteiger partial charge in [-0.05, 0) is 30.7 Å². The summed E-state index contributed by atoms with van der Waals surface area (Å²) in [5, 5.41) is 9.67. The second kappa shape index (κ2) is 6.25. The third-order valence-electron chi connectivity index (χ3n) is 2.83. The summed E-state index contributed by atoms with van der Waals surface area (Å²) in [6.45, 7) is 2.10. The Bertz CT molecular complexity index is 684. The summed E-state index contributed by atoms with van der Waals surface area (Å²) in [5.74, 6) is 1.04. The van der Waals surface area contributed by atoms with Crippen LogP contribution >= 0.6 is 0 Å². The molecule has 5 nitrogen and oxygen atoms in total. The Hall–Kier alpha value is -2.27. The van der Waals surface area contributed by atoms with E-state index >= 15 is 0 Å². The van der Waals surface area contributed by atoms with Crippen molar-refractivity contribution < 1.29 is 19.0 Å². The first-order valence-electron chi connectivity index (χ1n) is 6.15. The molecule has 0 aliphatic heterocycles. The summed E-state index contributed by atoms with van der Waals surface area (Å²) in [7, 11) is 1.54. The molecule has 106 valence electrons. The van der Waals surface area contributed by atoms with Crippen LogP contribution in [0.3, 0.4) is 0 Å². The second-order valence-electron chi connectivity index (χ2n) is 4.31. The van der Waals surface area contributed by atoms with E-state index in [4.69, 9.17) is 19.0 Å². The molecule has 1 N–H and O–H groups in total. The monoisotopic (exact) mass is 276 g/mol. The molecular formula is C15H16O5. The topological polar surface area (TPSA) is 68.9 Å². The lowest BCUT2D eigenvalue weighted by Gasteiger charge is -2.10. The van der Waals surface area contributed by atoms with Gasteiger partial charge in [0.05, 0.1) is 13.7 Å². The largest absolute Gasteiger partial charge is 0.493 e. The molecule has 2 rings (SSSR count). The van der Waals surface area contributed by atoms with Crippen molar-refractivity contribution in [3.63, 3.8) is 0 Å². The van der Waals surface area contributed by atoms with E-state index in [2.05, 4.69) is 0 Å². The highest BCUT2D eigenvalue weighted by Crippen LogP contribution is 2.31. The Balaban J connectivity index is 2.33. The predicted molar refractivity (Wildman–Crippen MR) is 75.4 cm³/mol. The third kappa shape index (κ3) is 3.19. The number of hydrogen-bond acceptors (Lipinski definition) is 5. The smallest absolute Gasteiger partial charge is 0.336 e. The zero-order valence-electron chi connectivity index (χ0n) is 11.4. The van der Waals surface area contributed by atoms with Crippen LogP contribution in [0.2, 0.25) is 0 Å². The summed E-state index contributed by atoms with van der Waals surface area (Å²) in [4.78, 5) is 11.2. The lowest BCUT2D eigenvalue weighted by molar-refractivity contribution is 0.316. The van der Waals surface area contributed by atoms with Crippen LogP contribution < -0.4 is 15.1 Å². The standard InChI is InChI=1S/C15H16O5/c1-10(9-16)5-6-19-14-8-12-11(7-13(14)18-2)3-4-15(17)20-12/h3-5,7-8,16H,6,9H2,1-2H3/b10-5+. The Morgan fingerprint density at radius 2 is 2.15 bits per heavy atom. The van der Waals surface area contributed by atoms with Gasteiger partial charge in [-0.15, -0.1) is 0 Å². The van der Waals surface area contributed by atoms with E-state index in [0.717, 1.165) is 11.0 Å². The minimum Gasteiger partial charge on any atom is -0.493 e. The Morgan fingerprint density at radius 3 is 2.85 bits per heavy atom. The molecule has 0 spiro atoms. The molecule has 0 radical (unpaired) electrons. The molecule has 0 aliphatic rings. The molecular weight excluding hydrogens is 260 g/mol. The number of hydrogen-bond donors (Lipinski definition) is 1. The summed E-state index contributed by atoms with van der Waals surface area (Å²) < 4.78 is 15.9. The van der Waals surface area contributed by atoms with Crippen LogP contribution in [-0.2, 0) is 0 Å². The number of aliphatic hydroxyl groups is 1. The molecule has 0 bridgehead atoms. The van der Waals surface area contributed by atoms with Gasteiger partial charge < -0.3 is 19.0 Å². The lowest BCUT2D eigenvalue weighted by Crippen LogP contribution is -2.00. The number of ether oxygens (including phenoxy) is 2. The van der Waals surface area contributed by atoms with Gasteiger partial charge in [-0.3, -0.25) is 0 Å². The van der Waals surface area contributed by atoms with Gasteiger partial charge in [0, 0.05) is 17.5 Å². The fourth-order valence-corrected chi connectivity index (χ4v) is 1.69. The molecule has 20 heavy (non-hydrogen) atoms. The zero-order chi connectivity index (χ0) is 14.5. The van der Waals surface area contributed by atoms with Crippen molar-refractivity contribution in [1.82, 2.24) is 0 Å². The van der Waals surface area contributed by atoms with Gasteiger partial charge in [-0.2, -0.15) is 0 Å². The van der Waals surface area contributed by atoms with Gasteiger partial charge in [0.1, 0.15) is 12.2 Å². The first kappa shape index (κ1) is 14.1. The molecule has 2 aromatic rings. The van der Waals surface area contributed by atoms with Crippen LogP contribution in [0.1, 0.15) is 6.92 Å². The molecule has 1 aromatic heterocycles. The fraction of sp³-hybridized carbons (Fsp3) is 0.267. The number of benzene rings is 1. The highest BCUT2D eigenvalue weighted by molar-refractivity contribution is 5.80. The minimum absolute atomic E-state index is 0.00685. The Kier molecular flexibility index (Phi) is 4.42. The van der Waals surface area contributed by atoms with Crippen LogP contribution in [0.4, 0.5) is 0 Å². The van der Waals surface area contributed by atoms with Crippen molar-refractivity contribution >= 4 is 11.0 Å². The lowest BCUT2D eigenvalue weighted by atomic mass is 10.2. The van der Waals surface area contributed by atoms with Crippen LogP contribution in [0.5, 0.6) is 11.5 Å². The highest BCUT2D eigenvalue weighted by Gasteiger charge is 2.08. The van der Waals surface area contributed by atoms with Crippen molar-refractivity contribution in [2.24, 2.45) is 0 Å². The average molecular weight is 276 g/mol. The van der Waals surface area contributed by atoms with E-state index in [1.54, 1.807) is 38.3 Å². The van der Waals surface area contributed by atoms with Crippen molar-refractivity contribution in [1.29, 1.82) is 0 Å². The maximum Gasteiger partial charge on any atom is 0.336 e. The Morgan fingerprint density at radius 1 is 1.35 bits per heavy atom. The van der Waals surface area contributed by atoms with E-state index in [0.29, 0.717) is 23.7 Å². The molecule has 0 atom stereocenters. The number of fused-ring (bicyclic) bond motifs is 1. The van der Waals surface area contributed by atoms with Gasteiger partial charge >= 0.3 is 5.63 Å². The number of methoxy groups -OCH3 is 1. The summed E-state index contributed by atoms with van der Waals surface area (Å²) in [6.07, 6.45) is 1.77. The van der Waals surface area contributed by atoms with Gasteiger partial charge in [0.2, 0.25) is 0 Å². The van der Waals surface area contributed by atoms with E-state index < -0.39 is 5.63 Å². The van der Waals surface area contributed by atoms with E-state index in [1.165, 1.54) is 6.07 Å². The molecule has 1 heterocycles. The average Bonchev–Trinajstić information content (AvgIpc) is 2.46. The van der Waals surface area contributed by atoms with E-state index in [1.807, 2.05) is 0 Å². The molecule has 0 amide bonds. The van der Waals surface area contributed by atoms with E-state index in [-0.39, 0.29) is 6.61 Å². The van der Waals surface area contributed by atoms with Gasteiger partial charge in [0.25, 0.3) is 0 Å². The number of aliphatic hydroxyl groups excluding tert-OH is 1. The maximum atomic E-state index is 11.2. The minimum atomic E-state index is -0.412. The fourth-order valence-electron chi connectivity index (χ4n) is 1.69. The van der Waals surface area contributed by atoms with Crippen molar-refractivity contribution in [3.05, 3.63) is 46.3 Å². The SMILES string of the molecule is COc1cc2ccc(=O)oc2cc1OC/C=C(\C)CO. The summed E-state index contributed by atoms with van der Waals surface area (Å²) in [5.41, 5.74) is 0.845. The zero-order valence-corrected chi connectivity index (χ0v) is 11.4. The second-order valence-corrected chi connectivity index (χ2v) is 4.31. The predicted octanol–water partition coefficient (Wildman–Crippen LogP) is 2.12. The molecule has 5 heteroatoms. The maximum absolute atomic E-state index is 11.2. The number of rotatable bonds is 5. The first-order chi connectivity index (χ1) is 9.63. The van der Waals surface area contributed by atoms with Gasteiger partial charge in [0.15, 0.2) is 11.5 Å². The van der Waals surface area contributed by atoms with Gasteiger partial charge in [-0.1, -0.05) is 0 Å². The molecule has 0 saturated heterocycles. The highest BCUT2D eigenvalue weighted by atomic mass is 16.5. The van der Waals surface area contributed by atoms with Crippen LogP contribution in [-0.4, -0.2) is 25.4 Å². The molecule has 0 saturated carbocycles. The van der Waals surface area contributed by atoms with Crippen LogP contribution in [0, 0.1) is 0 Å². The first-order valence-corrected chi connectivity index (χ1v) is 6.15. The molecule has 0 aliphatic carbocycles. The van der Waals surface area contributed by atoms with Gasteiger partial charge in [-0.25, -0.2) is 4.79 Å². The molecule has 0 unspecified atom stereocenters. The van der Waals surface area contributed by atoms with Crippen molar-refractivity contribution in [2.45, 2.75) is 6.92 Å².